The number of aliphatic carboxylic acids is 1. The Labute approximate surface area is 132 Å². The van der Waals surface area contributed by atoms with Gasteiger partial charge >= 0.3 is 51.4 Å². The molecule has 0 N–H and O–H groups in total. The van der Waals surface area contributed by atoms with Crippen LogP contribution >= 0.6 is 23.5 Å². The van der Waals surface area contributed by atoms with Crippen molar-refractivity contribution in [3.8, 4) is 0 Å². The van der Waals surface area contributed by atoms with Crippen LogP contribution in [0.3, 0.4) is 0 Å². The van der Waals surface area contributed by atoms with Crippen molar-refractivity contribution in [1.29, 1.82) is 0 Å². The molecule has 0 radical (unpaired) electrons. The van der Waals surface area contributed by atoms with Gasteiger partial charge in [-0.3, -0.25) is 9.69 Å². The molecule has 0 saturated carbocycles. The van der Waals surface area contributed by atoms with E-state index in [2.05, 4.69) is 0 Å². The first-order chi connectivity index (χ1) is 6.15. The first kappa shape index (κ1) is 13.1. The Hall–Kier alpha value is 1.02. The van der Waals surface area contributed by atoms with Gasteiger partial charge in [0.15, 0.2) is 0 Å². The van der Waals surface area contributed by atoms with Crippen molar-refractivity contribution in [3.63, 3.8) is 0 Å². The minimum atomic E-state index is -1.26. The SMILES string of the molecule is CSC1=C(C(=O)[O-])N2C(=O)C[C@H]2S1.[K+]. The molecule has 0 aromatic heterocycles. The van der Waals surface area contributed by atoms with Gasteiger partial charge in [-0.2, -0.15) is 0 Å². The Morgan fingerprint density at radius 1 is 1.71 bits per heavy atom. The molecule has 2 aliphatic heterocycles. The van der Waals surface area contributed by atoms with Crippen LogP contribution in [0.15, 0.2) is 9.93 Å². The summed E-state index contributed by atoms with van der Waals surface area (Å²) in [6.07, 6.45) is 2.23. The predicted molar refractivity (Wildman–Crippen MR) is 48.4 cm³/mol. The van der Waals surface area contributed by atoms with Gasteiger partial charge in [0.05, 0.1) is 27.7 Å². The van der Waals surface area contributed by atoms with Gasteiger partial charge in [-0.15, -0.1) is 11.8 Å². The summed E-state index contributed by atoms with van der Waals surface area (Å²) >= 11 is 2.77. The first-order valence-corrected chi connectivity index (χ1v) is 5.74. The van der Waals surface area contributed by atoms with Crippen molar-refractivity contribution in [2.45, 2.75) is 11.8 Å². The van der Waals surface area contributed by atoms with E-state index in [4.69, 9.17) is 0 Å². The van der Waals surface area contributed by atoms with Crippen LogP contribution in [0.1, 0.15) is 6.42 Å². The summed E-state index contributed by atoms with van der Waals surface area (Å²) in [5.41, 5.74) is 0.0544. The molecule has 2 heterocycles. The topological polar surface area (TPSA) is 60.4 Å². The smallest absolute Gasteiger partial charge is 0.543 e. The van der Waals surface area contributed by atoms with Crippen LogP contribution in [-0.2, 0) is 9.59 Å². The van der Waals surface area contributed by atoms with Crippen molar-refractivity contribution >= 4 is 35.4 Å². The number of fused-ring (bicyclic) bond motifs is 1. The van der Waals surface area contributed by atoms with Crippen LogP contribution in [0.4, 0.5) is 0 Å². The molecule has 1 atom stereocenters. The number of hydrogen-bond donors (Lipinski definition) is 0. The third kappa shape index (κ3) is 1.95. The number of thioether (sulfide) groups is 2. The number of carboxylic acid groups (broad SMARTS) is 1. The number of amides is 1. The molecule has 0 aromatic carbocycles. The molecule has 0 unspecified atom stereocenters. The standard InChI is InChI=1S/C7H7NO3S2.K/c1-12-7-5(6(10)11)8-3(9)2-4(8)13-7;/h4H,2H2,1H3,(H,10,11);/q;+1/p-1/t4-;/m1./s1. The van der Waals surface area contributed by atoms with Crippen molar-refractivity contribution < 1.29 is 66.1 Å². The van der Waals surface area contributed by atoms with Gasteiger partial charge in [0.2, 0.25) is 5.91 Å². The molecule has 2 aliphatic rings. The van der Waals surface area contributed by atoms with Gasteiger partial charge in [0.1, 0.15) is 0 Å². The summed E-state index contributed by atoms with van der Waals surface area (Å²) in [6.45, 7) is 0. The zero-order chi connectivity index (χ0) is 9.59. The maximum Gasteiger partial charge on any atom is 1.00 e. The normalized spacial score (nSPS) is 24.2. The summed E-state index contributed by atoms with van der Waals surface area (Å²) in [5.74, 6) is -1.38. The zero-order valence-electron chi connectivity index (χ0n) is 7.77. The van der Waals surface area contributed by atoms with E-state index >= 15 is 0 Å². The van der Waals surface area contributed by atoms with Crippen LogP contribution in [0, 0.1) is 0 Å². The molecule has 1 amide bonds. The maximum absolute atomic E-state index is 11.1. The molecule has 2 rings (SSSR count). The van der Waals surface area contributed by atoms with Gasteiger partial charge in [0.25, 0.3) is 0 Å². The number of carbonyl (C=O) groups is 2. The molecule has 0 spiro atoms. The maximum atomic E-state index is 11.1. The molecular formula is C7H6KNO3S2. The van der Waals surface area contributed by atoms with Crippen LogP contribution in [0.5, 0.6) is 0 Å². The molecule has 1 fully saturated rings. The third-order valence-corrected chi connectivity index (χ3v) is 4.37. The molecular weight excluding hydrogens is 249 g/mol. The molecule has 70 valence electrons. The number of carbonyl (C=O) groups excluding carboxylic acids is 2. The van der Waals surface area contributed by atoms with Gasteiger partial charge < -0.3 is 9.90 Å². The Kier molecular flexibility index (Phi) is 4.58. The second-order valence-corrected chi connectivity index (χ2v) is 4.93. The molecule has 4 nitrogen and oxygen atoms in total. The van der Waals surface area contributed by atoms with E-state index in [9.17, 15) is 14.7 Å². The van der Waals surface area contributed by atoms with Gasteiger partial charge in [0, 0.05) is 0 Å². The summed E-state index contributed by atoms with van der Waals surface area (Å²) in [4.78, 5) is 23.1. The number of carboxylic acids is 1. The minimum Gasteiger partial charge on any atom is -0.543 e. The Balaban J connectivity index is 0.000000980. The summed E-state index contributed by atoms with van der Waals surface area (Å²) < 4.78 is 0.677. The molecule has 7 heteroatoms. The quantitative estimate of drug-likeness (QED) is 0.380. The third-order valence-electron chi connectivity index (χ3n) is 1.96. The Morgan fingerprint density at radius 2 is 2.36 bits per heavy atom. The van der Waals surface area contributed by atoms with E-state index in [0.29, 0.717) is 10.7 Å². The number of hydrogen-bond acceptors (Lipinski definition) is 5. The summed E-state index contributed by atoms with van der Waals surface area (Å²) in [5, 5.41) is 10.7. The van der Waals surface area contributed by atoms with E-state index < -0.39 is 5.97 Å². The average molecular weight is 255 g/mol. The second kappa shape index (κ2) is 4.90. The number of β-lactam (4-membered cyclic amide) rings is 1. The van der Waals surface area contributed by atoms with Gasteiger partial charge in [-0.25, -0.2) is 0 Å². The van der Waals surface area contributed by atoms with Gasteiger partial charge in [-0.05, 0) is 6.26 Å². The first-order valence-electron chi connectivity index (χ1n) is 3.63. The van der Waals surface area contributed by atoms with Crippen LogP contribution in [0.25, 0.3) is 0 Å². The monoisotopic (exact) mass is 255 g/mol. The molecule has 0 aliphatic carbocycles. The second-order valence-electron chi connectivity index (χ2n) is 2.67. The van der Waals surface area contributed by atoms with Crippen molar-refractivity contribution in [2.75, 3.05) is 6.26 Å². The number of rotatable bonds is 2. The van der Waals surface area contributed by atoms with Crippen molar-refractivity contribution in [1.82, 2.24) is 4.90 Å². The molecule has 14 heavy (non-hydrogen) atoms. The van der Waals surface area contributed by atoms with E-state index in [-0.39, 0.29) is 68.4 Å². The van der Waals surface area contributed by atoms with E-state index in [0.717, 1.165) is 0 Å². The predicted octanol–water partition coefficient (Wildman–Crippen LogP) is -3.42. The summed E-state index contributed by atoms with van der Waals surface area (Å²) in [7, 11) is 0. The molecule has 0 bridgehead atoms. The summed E-state index contributed by atoms with van der Waals surface area (Å²) in [6, 6.07) is 0. The fourth-order valence-electron chi connectivity index (χ4n) is 1.35. The largest absolute Gasteiger partial charge is 1.00 e. The fraction of sp³-hybridized carbons (Fsp3) is 0.429. The molecule has 1 saturated heterocycles. The fourth-order valence-corrected chi connectivity index (χ4v) is 3.54. The van der Waals surface area contributed by atoms with Crippen molar-refractivity contribution in [2.24, 2.45) is 0 Å². The Bertz CT molecular complexity index is 331. The van der Waals surface area contributed by atoms with Crippen molar-refractivity contribution in [3.05, 3.63) is 9.93 Å². The molecule has 0 aromatic rings. The van der Waals surface area contributed by atoms with E-state index in [1.807, 2.05) is 0 Å². The van der Waals surface area contributed by atoms with Crippen LogP contribution in [0.2, 0.25) is 0 Å². The number of nitrogens with zero attached hydrogens (tertiary/aromatic N) is 1. The van der Waals surface area contributed by atoms with Crippen LogP contribution in [-0.4, -0.2) is 28.4 Å². The van der Waals surface area contributed by atoms with E-state index in [1.54, 1.807) is 6.26 Å². The minimum absolute atomic E-state index is 0. The average Bonchev–Trinajstić information content (AvgIpc) is 2.37. The van der Waals surface area contributed by atoms with E-state index in [1.165, 1.54) is 28.4 Å². The van der Waals surface area contributed by atoms with Crippen LogP contribution < -0.4 is 56.5 Å². The Morgan fingerprint density at radius 3 is 2.79 bits per heavy atom. The zero-order valence-corrected chi connectivity index (χ0v) is 12.5. The van der Waals surface area contributed by atoms with Gasteiger partial charge in [-0.1, -0.05) is 11.8 Å².